The van der Waals surface area contributed by atoms with Crippen LogP contribution in [0.4, 0.5) is 0 Å². The first-order valence-electron chi connectivity index (χ1n) is 7.03. The Hall–Kier alpha value is -2.28. The fourth-order valence-electron chi connectivity index (χ4n) is 2.51. The largest absolute Gasteiger partial charge is 0.333 e. The average Bonchev–Trinajstić information content (AvgIpc) is 3.03. The molecule has 7 heteroatoms. The minimum Gasteiger partial charge on any atom is -0.333 e. The molecule has 1 N–H and O–H groups in total. The molecular formula is C14H18N6O. The summed E-state index contributed by atoms with van der Waals surface area (Å²) in [6.07, 6.45) is 1.52. The van der Waals surface area contributed by atoms with Gasteiger partial charge in [0.2, 0.25) is 0 Å². The second kappa shape index (κ2) is 5.61. The van der Waals surface area contributed by atoms with Gasteiger partial charge in [-0.1, -0.05) is 0 Å². The number of carbonyl (C=O) groups is 1. The number of benzene rings is 1. The number of piperazine rings is 1. The molecule has 3 rings (SSSR count). The normalized spacial score (nSPS) is 22.3. The lowest BCUT2D eigenvalue weighted by molar-refractivity contribution is 0.0616. The standard InChI is InChI=1S/C14H18N6O/c1-10-8-19(11(2)7-15-10)14(21)12-3-5-13(6-4-12)20-9-16-17-18-20/h3-6,9-11,15H,7-8H2,1-2H3. The highest BCUT2D eigenvalue weighted by atomic mass is 16.2. The zero-order valence-corrected chi connectivity index (χ0v) is 12.1. The number of nitrogens with zero attached hydrogens (tertiary/aromatic N) is 5. The van der Waals surface area contributed by atoms with Crippen LogP contribution in [0.5, 0.6) is 0 Å². The van der Waals surface area contributed by atoms with Gasteiger partial charge in [0.05, 0.1) is 5.69 Å². The van der Waals surface area contributed by atoms with Gasteiger partial charge in [0.25, 0.3) is 5.91 Å². The monoisotopic (exact) mass is 286 g/mol. The highest BCUT2D eigenvalue weighted by Gasteiger charge is 2.27. The molecule has 110 valence electrons. The van der Waals surface area contributed by atoms with Gasteiger partial charge in [-0.15, -0.1) is 5.10 Å². The smallest absolute Gasteiger partial charge is 0.254 e. The molecular weight excluding hydrogens is 268 g/mol. The van der Waals surface area contributed by atoms with Crippen LogP contribution in [0, 0.1) is 0 Å². The maximum absolute atomic E-state index is 12.6. The van der Waals surface area contributed by atoms with Crippen LogP contribution < -0.4 is 5.32 Å². The van der Waals surface area contributed by atoms with Gasteiger partial charge in [0.15, 0.2) is 0 Å². The van der Waals surface area contributed by atoms with Crippen molar-refractivity contribution in [2.75, 3.05) is 13.1 Å². The summed E-state index contributed by atoms with van der Waals surface area (Å²) >= 11 is 0. The topological polar surface area (TPSA) is 75.9 Å². The molecule has 1 fully saturated rings. The molecule has 1 aliphatic rings. The van der Waals surface area contributed by atoms with E-state index < -0.39 is 0 Å². The quantitative estimate of drug-likeness (QED) is 0.869. The van der Waals surface area contributed by atoms with E-state index in [4.69, 9.17) is 0 Å². The predicted molar refractivity (Wildman–Crippen MR) is 77.1 cm³/mol. The lowest BCUT2D eigenvalue weighted by Gasteiger charge is -2.37. The molecule has 2 unspecified atom stereocenters. The Labute approximate surface area is 122 Å². The summed E-state index contributed by atoms with van der Waals surface area (Å²) in [5, 5.41) is 14.4. The Morgan fingerprint density at radius 2 is 2.05 bits per heavy atom. The first kappa shape index (κ1) is 13.7. The number of tetrazole rings is 1. The highest BCUT2D eigenvalue weighted by molar-refractivity contribution is 5.94. The van der Waals surface area contributed by atoms with E-state index in [9.17, 15) is 4.79 Å². The van der Waals surface area contributed by atoms with Crippen LogP contribution in [0.15, 0.2) is 30.6 Å². The van der Waals surface area contributed by atoms with Crippen LogP contribution in [0.3, 0.4) is 0 Å². The van der Waals surface area contributed by atoms with Crippen LogP contribution in [0.1, 0.15) is 24.2 Å². The van der Waals surface area contributed by atoms with Crippen molar-refractivity contribution in [1.82, 2.24) is 30.4 Å². The number of carbonyl (C=O) groups excluding carboxylic acids is 1. The molecule has 0 aliphatic carbocycles. The van der Waals surface area contributed by atoms with E-state index in [-0.39, 0.29) is 11.9 Å². The van der Waals surface area contributed by atoms with E-state index in [1.54, 1.807) is 4.68 Å². The van der Waals surface area contributed by atoms with Crippen molar-refractivity contribution >= 4 is 5.91 Å². The van der Waals surface area contributed by atoms with Gasteiger partial charge in [-0.25, -0.2) is 4.68 Å². The second-order valence-electron chi connectivity index (χ2n) is 5.42. The minimum absolute atomic E-state index is 0.0686. The Morgan fingerprint density at radius 3 is 2.71 bits per heavy atom. The molecule has 0 spiro atoms. The lowest BCUT2D eigenvalue weighted by atomic mass is 10.1. The molecule has 1 aromatic heterocycles. The molecule has 1 aliphatic heterocycles. The molecule has 1 saturated heterocycles. The van der Waals surface area contributed by atoms with E-state index in [0.717, 1.165) is 18.8 Å². The fourth-order valence-corrected chi connectivity index (χ4v) is 2.51. The van der Waals surface area contributed by atoms with E-state index in [1.807, 2.05) is 29.2 Å². The summed E-state index contributed by atoms with van der Waals surface area (Å²) in [7, 11) is 0. The summed E-state index contributed by atoms with van der Waals surface area (Å²) in [5.41, 5.74) is 1.52. The second-order valence-corrected chi connectivity index (χ2v) is 5.42. The van der Waals surface area contributed by atoms with Crippen molar-refractivity contribution in [2.24, 2.45) is 0 Å². The Bertz CT molecular complexity index is 609. The molecule has 0 bridgehead atoms. The molecule has 1 amide bonds. The lowest BCUT2D eigenvalue weighted by Crippen LogP contribution is -2.56. The van der Waals surface area contributed by atoms with E-state index in [2.05, 4.69) is 34.7 Å². The predicted octanol–water partition coefficient (Wildman–Crippen LogP) is 0.485. The van der Waals surface area contributed by atoms with Gasteiger partial charge in [0.1, 0.15) is 6.33 Å². The van der Waals surface area contributed by atoms with Crippen molar-refractivity contribution in [3.63, 3.8) is 0 Å². The molecule has 2 heterocycles. The van der Waals surface area contributed by atoms with Gasteiger partial charge in [-0.3, -0.25) is 4.79 Å². The molecule has 2 aromatic rings. The Balaban J connectivity index is 1.78. The molecule has 2 atom stereocenters. The average molecular weight is 286 g/mol. The number of nitrogens with one attached hydrogen (secondary N) is 1. The molecule has 21 heavy (non-hydrogen) atoms. The Morgan fingerprint density at radius 1 is 1.29 bits per heavy atom. The third kappa shape index (κ3) is 2.78. The maximum atomic E-state index is 12.6. The molecule has 0 saturated carbocycles. The summed E-state index contributed by atoms with van der Waals surface area (Å²) in [5.74, 6) is 0.0686. The van der Waals surface area contributed by atoms with Gasteiger partial charge < -0.3 is 10.2 Å². The van der Waals surface area contributed by atoms with E-state index in [1.165, 1.54) is 6.33 Å². The summed E-state index contributed by atoms with van der Waals surface area (Å²) < 4.78 is 1.56. The van der Waals surface area contributed by atoms with Crippen molar-refractivity contribution < 1.29 is 4.79 Å². The van der Waals surface area contributed by atoms with E-state index >= 15 is 0 Å². The third-order valence-corrected chi connectivity index (χ3v) is 3.75. The fraction of sp³-hybridized carbons (Fsp3) is 0.429. The van der Waals surface area contributed by atoms with Crippen molar-refractivity contribution in [2.45, 2.75) is 25.9 Å². The number of hydrogen-bond donors (Lipinski definition) is 1. The van der Waals surface area contributed by atoms with Crippen LogP contribution in [-0.4, -0.2) is 56.2 Å². The van der Waals surface area contributed by atoms with Crippen LogP contribution >= 0.6 is 0 Å². The van der Waals surface area contributed by atoms with Crippen molar-refractivity contribution in [1.29, 1.82) is 0 Å². The number of rotatable bonds is 2. The Kier molecular flexibility index (Phi) is 3.66. The van der Waals surface area contributed by atoms with Gasteiger partial charge >= 0.3 is 0 Å². The summed E-state index contributed by atoms with van der Waals surface area (Å²) in [6.45, 7) is 5.71. The maximum Gasteiger partial charge on any atom is 0.254 e. The van der Waals surface area contributed by atoms with Gasteiger partial charge in [-0.05, 0) is 48.5 Å². The summed E-state index contributed by atoms with van der Waals surface area (Å²) in [4.78, 5) is 14.5. The SMILES string of the molecule is CC1CN(C(=O)c2ccc(-n3cnnn3)cc2)C(C)CN1. The minimum atomic E-state index is 0.0686. The molecule has 1 aromatic carbocycles. The van der Waals surface area contributed by atoms with Crippen molar-refractivity contribution in [3.8, 4) is 5.69 Å². The third-order valence-electron chi connectivity index (χ3n) is 3.75. The zero-order valence-electron chi connectivity index (χ0n) is 12.1. The number of hydrogen-bond acceptors (Lipinski definition) is 5. The van der Waals surface area contributed by atoms with E-state index in [0.29, 0.717) is 11.6 Å². The molecule has 0 radical (unpaired) electrons. The van der Waals surface area contributed by atoms with Crippen LogP contribution in [0.25, 0.3) is 5.69 Å². The molecule has 7 nitrogen and oxygen atoms in total. The highest BCUT2D eigenvalue weighted by Crippen LogP contribution is 2.14. The van der Waals surface area contributed by atoms with Crippen LogP contribution in [-0.2, 0) is 0 Å². The van der Waals surface area contributed by atoms with Gasteiger partial charge in [0, 0.05) is 30.7 Å². The number of amides is 1. The first-order chi connectivity index (χ1) is 10.1. The first-order valence-corrected chi connectivity index (χ1v) is 7.03. The van der Waals surface area contributed by atoms with Crippen molar-refractivity contribution in [3.05, 3.63) is 36.2 Å². The zero-order chi connectivity index (χ0) is 14.8. The number of aromatic nitrogens is 4. The summed E-state index contributed by atoms with van der Waals surface area (Å²) in [6, 6.07) is 7.86. The van der Waals surface area contributed by atoms with Crippen LogP contribution in [0.2, 0.25) is 0 Å². The van der Waals surface area contributed by atoms with Gasteiger partial charge in [-0.2, -0.15) is 0 Å².